The van der Waals surface area contributed by atoms with Gasteiger partial charge in [0.1, 0.15) is 5.82 Å². The quantitative estimate of drug-likeness (QED) is 0.845. The molecular weight excluding hydrogens is 298 g/mol. The van der Waals surface area contributed by atoms with E-state index in [0.717, 1.165) is 16.0 Å². The van der Waals surface area contributed by atoms with Crippen LogP contribution in [0.2, 0.25) is 0 Å². The smallest absolute Gasteiger partial charge is 0.144 e. The minimum atomic E-state index is 0.639. The molecule has 1 aromatic heterocycles. The normalized spacial score (nSPS) is 10.2. The molecule has 1 heterocycles. The van der Waals surface area contributed by atoms with E-state index in [9.17, 15) is 0 Å². The predicted molar refractivity (Wildman–Crippen MR) is 77.9 cm³/mol. The van der Waals surface area contributed by atoms with Crippen molar-refractivity contribution in [3.05, 3.63) is 41.0 Å². The molecule has 2 aromatic rings. The number of pyridine rings is 1. The van der Waals surface area contributed by atoms with E-state index in [1.54, 1.807) is 18.0 Å². The number of rotatable bonds is 3. The monoisotopic (exact) mass is 309 g/mol. The second-order valence-electron chi connectivity index (χ2n) is 3.42. The third-order valence-electron chi connectivity index (χ3n) is 2.22. The van der Waals surface area contributed by atoms with Crippen LogP contribution in [0.25, 0.3) is 0 Å². The number of benzene rings is 1. The number of nitrogens with two attached hydrogens (primary N) is 1. The zero-order valence-corrected chi connectivity index (χ0v) is 11.7. The zero-order chi connectivity index (χ0) is 12.3. The Kier molecular flexibility index (Phi) is 3.91. The molecule has 0 aliphatic carbocycles. The summed E-state index contributed by atoms with van der Waals surface area (Å²) in [5, 5.41) is 3.28. The van der Waals surface area contributed by atoms with Crippen molar-refractivity contribution in [1.29, 1.82) is 0 Å². The van der Waals surface area contributed by atoms with Crippen molar-refractivity contribution in [3.63, 3.8) is 0 Å². The van der Waals surface area contributed by atoms with Crippen LogP contribution in [0, 0.1) is 0 Å². The molecule has 0 fully saturated rings. The van der Waals surface area contributed by atoms with Crippen molar-refractivity contribution < 1.29 is 0 Å². The summed E-state index contributed by atoms with van der Waals surface area (Å²) in [5.74, 6) is 0.765. The van der Waals surface area contributed by atoms with Crippen molar-refractivity contribution in [2.24, 2.45) is 0 Å². The summed E-state index contributed by atoms with van der Waals surface area (Å²) >= 11 is 5.13. The maximum atomic E-state index is 5.65. The first-order chi connectivity index (χ1) is 8.20. The van der Waals surface area contributed by atoms with Crippen molar-refractivity contribution in [3.8, 4) is 0 Å². The zero-order valence-electron chi connectivity index (χ0n) is 9.27. The number of aromatic nitrogens is 1. The van der Waals surface area contributed by atoms with Gasteiger partial charge in [0.05, 0.1) is 22.0 Å². The summed E-state index contributed by atoms with van der Waals surface area (Å²) in [6, 6.07) is 9.93. The van der Waals surface area contributed by atoms with E-state index in [1.165, 1.54) is 4.90 Å². The van der Waals surface area contributed by atoms with Crippen molar-refractivity contribution in [2.75, 3.05) is 17.3 Å². The molecule has 17 heavy (non-hydrogen) atoms. The van der Waals surface area contributed by atoms with Crippen LogP contribution in [0.4, 0.5) is 17.2 Å². The molecule has 0 amide bonds. The topological polar surface area (TPSA) is 50.9 Å². The van der Waals surface area contributed by atoms with Gasteiger partial charge in [0.15, 0.2) is 0 Å². The Balaban J connectivity index is 2.31. The van der Waals surface area contributed by atoms with E-state index in [-0.39, 0.29) is 0 Å². The molecule has 5 heteroatoms. The minimum absolute atomic E-state index is 0.639. The number of para-hydroxylation sites is 1. The highest BCUT2D eigenvalue weighted by molar-refractivity contribution is 9.10. The third kappa shape index (κ3) is 2.92. The average molecular weight is 310 g/mol. The fourth-order valence-corrected chi connectivity index (χ4v) is 2.44. The number of hydrogen-bond acceptors (Lipinski definition) is 4. The highest BCUT2D eigenvalue weighted by atomic mass is 79.9. The van der Waals surface area contributed by atoms with E-state index in [0.29, 0.717) is 5.69 Å². The predicted octanol–water partition coefficient (Wildman–Crippen LogP) is 3.89. The molecule has 0 saturated heterocycles. The molecule has 0 bridgehead atoms. The molecule has 3 nitrogen and oxygen atoms in total. The van der Waals surface area contributed by atoms with Gasteiger partial charge in [-0.3, -0.25) is 0 Å². The summed E-state index contributed by atoms with van der Waals surface area (Å²) in [7, 11) is 0. The number of halogens is 1. The Morgan fingerprint density at radius 1 is 1.35 bits per heavy atom. The second kappa shape index (κ2) is 5.42. The molecule has 0 saturated carbocycles. The lowest BCUT2D eigenvalue weighted by Crippen LogP contribution is -1.97. The Morgan fingerprint density at radius 2 is 2.12 bits per heavy atom. The van der Waals surface area contributed by atoms with Gasteiger partial charge in [0.2, 0.25) is 0 Å². The van der Waals surface area contributed by atoms with Crippen LogP contribution in [0.1, 0.15) is 0 Å². The van der Waals surface area contributed by atoms with Crippen LogP contribution in [-0.2, 0) is 0 Å². The summed E-state index contributed by atoms with van der Waals surface area (Å²) in [6.45, 7) is 0. The maximum absolute atomic E-state index is 5.65. The lowest BCUT2D eigenvalue weighted by Gasteiger charge is -2.11. The van der Waals surface area contributed by atoms with Crippen LogP contribution in [0.15, 0.2) is 45.9 Å². The number of nitrogens with zero attached hydrogens (tertiary/aromatic N) is 1. The van der Waals surface area contributed by atoms with E-state index < -0.39 is 0 Å². The Hall–Kier alpha value is -1.20. The summed E-state index contributed by atoms with van der Waals surface area (Å²) < 4.78 is 0.855. The number of nitrogens with one attached hydrogen (secondary N) is 1. The first-order valence-electron chi connectivity index (χ1n) is 5.02. The first-order valence-corrected chi connectivity index (χ1v) is 7.03. The third-order valence-corrected chi connectivity index (χ3v) is 3.62. The largest absolute Gasteiger partial charge is 0.397 e. The first kappa shape index (κ1) is 12.3. The van der Waals surface area contributed by atoms with Gasteiger partial charge in [0.25, 0.3) is 0 Å². The highest BCUT2D eigenvalue weighted by Crippen LogP contribution is 2.30. The fraction of sp³-hybridized carbons (Fsp3) is 0.0833. The number of nitrogen functional groups attached to an aromatic ring is 1. The molecule has 88 valence electrons. The summed E-state index contributed by atoms with van der Waals surface area (Å²) in [6.07, 6.45) is 3.68. The molecule has 0 unspecified atom stereocenters. The standard InChI is InChI=1S/C12H12BrN3S/c1-17-11-5-3-2-4-10(11)16-12-9(13)6-8(14)7-15-12/h2-7H,14H2,1H3,(H,15,16). The molecule has 0 radical (unpaired) electrons. The van der Waals surface area contributed by atoms with Gasteiger partial charge in [0, 0.05) is 4.90 Å². The SMILES string of the molecule is CSc1ccccc1Nc1ncc(N)cc1Br. The van der Waals surface area contributed by atoms with Gasteiger partial charge in [-0.25, -0.2) is 4.98 Å². The summed E-state index contributed by atoms with van der Waals surface area (Å²) in [4.78, 5) is 5.43. The van der Waals surface area contributed by atoms with Crippen molar-refractivity contribution in [1.82, 2.24) is 4.98 Å². The lowest BCUT2D eigenvalue weighted by molar-refractivity contribution is 1.28. The molecule has 1 aromatic carbocycles. The minimum Gasteiger partial charge on any atom is -0.397 e. The van der Waals surface area contributed by atoms with Crippen LogP contribution >= 0.6 is 27.7 Å². The highest BCUT2D eigenvalue weighted by Gasteiger charge is 2.05. The van der Waals surface area contributed by atoms with Gasteiger partial charge >= 0.3 is 0 Å². The van der Waals surface area contributed by atoms with Crippen LogP contribution in [-0.4, -0.2) is 11.2 Å². The molecule has 0 aliphatic rings. The Labute approximate surface area is 113 Å². The molecule has 2 rings (SSSR count). The second-order valence-corrected chi connectivity index (χ2v) is 5.13. The van der Waals surface area contributed by atoms with Gasteiger partial charge in [-0.15, -0.1) is 11.8 Å². The van der Waals surface area contributed by atoms with E-state index in [1.807, 2.05) is 30.5 Å². The van der Waals surface area contributed by atoms with Crippen molar-refractivity contribution >= 4 is 44.9 Å². The van der Waals surface area contributed by atoms with E-state index >= 15 is 0 Å². The van der Waals surface area contributed by atoms with Crippen LogP contribution < -0.4 is 11.1 Å². The number of hydrogen-bond donors (Lipinski definition) is 2. The van der Waals surface area contributed by atoms with E-state index in [2.05, 4.69) is 32.3 Å². The summed E-state index contributed by atoms with van der Waals surface area (Å²) in [5.41, 5.74) is 7.33. The van der Waals surface area contributed by atoms with Crippen LogP contribution in [0.5, 0.6) is 0 Å². The van der Waals surface area contributed by atoms with Gasteiger partial charge < -0.3 is 11.1 Å². The van der Waals surface area contributed by atoms with Gasteiger partial charge in [-0.2, -0.15) is 0 Å². The Morgan fingerprint density at radius 3 is 2.82 bits per heavy atom. The lowest BCUT2D eigenvalue weighted by atomic mass is 10.3. The molecule has 0 aliphatic heterocycles. The Bertz CT molecular complexity index is 531. The molecular formula is C12H12BrN3S. The maximum Gasteiger partial charge on any atom is 0.144 e. The van der Waals surface area contributed by atoms with Crippen LogP contribution in [0.3, 0.4) is 0 Å². The number of thioether (sulfide) groups is 1. The van der Waals surface area contributed by atoms with Crippen molar-refractivity contribution in [2.45, 2.75) is 4.90 Å². The fourth-order valence-electron chi connectivity index (χ4n) is 1.42. The average Bonchev–Trinajstić information content (AvgIpc) is 2.33. The number of anilines is 3. The molecule has 0 atom stereocenters. The van der Waals surface area contributed by atoms with Gasteiger partial charge in [-0.1, -0.05) is 12.1 Å². The van der Waals surface area contributed by atoms with Gasteiger partial charge in [-0.05, 0) is 40.4 Å². The molecule has 3 N–H and O–H groups in total. The van der Waals surface area contributed by atoms with E-state index in [4.69, 9.17) is 5.73 Å². The molecule has 0 spiro atoms.